The summed E-state index contributed by atoms with van der Waals surface area (Å²) in [5, 5.41) is 0. The Morgan fingerprint density at radius 3 is 2.25 bits per heavy atom. The van der Waals surface area contributed by atoms with Crippen LogP contribution in [0.4, 0.5) is 8.78 Å². The topological polar surface area (TPSA) is 0 Å². The number of hydrogen-bond donors (Lipinski definition) is 0. The van der Waals surface area contributed by atoms with Gasteiger partial charge in [0, 0.05) is 5.56 Å². The van der Waals surface area contributed by atoms with E-state index in [-0.39, 0.29) is 5.56 Å². The van der Waals surface area contributed by atoms with E-state index >= 15 is 0 Å². The molecular formula is C14H10F2. The Morgan fingerprint density at radius 1 is 0.750 bits per heavy atom. The first-order valence-corrected chi connectivity index (χ1v) is 4.94. The molecule has 2 aromatic carbocycles. The van der Waals surface area contributed by atoms with Gasteiger partial charge in [0.05, 0.1) is 0 Å². The highest BCUT2D eigenvalue weighted by atomic mass is 19.2. The van der Waals surface area contributed by atoms with Crippen molar-refractivity contribution in [2.45, 2.75) is 0 Å². The Labute approximate surface area is 92.9 Å². The molecule has 0 amide bonds. The monoisotopic (exact) mass is 216 g/mol. The minimum absolute atomic E-state index is 0.254. The molecule has 16 heavy (non-hydrogen) atoms. The molecule has 2 aromatic rings. The summed E-state index contributed by atoms with van der Waals surface area (Å²) in [5.74, 6) is -1.63. The third kappa shape index (κ3) is 2.34. The molecular weight excluding hydrogens is 206 g/mol. The average Bonchev–Trinajstić information content (AvgIpc) is 2.32. The lowest BCUT2D eigenvalue weighted by atomic mass is 10.1. The fourth-order valence-electron chi connectivity index (χ4n) is 1.40. The second kappa shape index (κ2) is 4.71. The van der Waals surface area contributed by atoms with Gasteiger partial charge in [-0.05, 0) is 11.6 Å². The lowest BCUT2D eigenvalue weighted by Crippen LogP contribution is -1.86. The fourth-order valence-corrected chi connectivity index (χ4v) is 1.40. The molecule has 0 atom stereocenters. The van der Waals surface area contributed by atoms with Crippen LogP contribution in [0, 0.1) is 11.6 Å². The van der Waals surface area contributed by atoms with Crippen LogP contribution in [0.3, 0.4) is 0 Å². The van der Waals surface area contributed by atoms with Gasteiger partial charge in [-0.3, -0.25) is 0 Å². The van der Waals surface area contributed by atoms with Crippen molar-refractivity contribution < 1.29 is 8.78 Å². The normalized spacial score (nSPS) is 10.9. The molecule has 80 valence electrons. The lowest BCUT2D eigenvalue weighted by Gasteiger charge is -1.97. The second-order valence-electron chi connectivity index (χ2n) is 3.39. The smallest absolute Gasteiger partial charge is 0.166 e. The summed E-state index contributed by atoms with van der Waals surface area (Å²) in [4.78, 5) is 0. The molecule has 0 saturated heterocycles. The van der Waals surface area contributed by atoms with Gasteiger partial charge in [0.2, 0.25) is 0 Å². The van der Waals surface area contributed by atoms with Gasteiger partial charge in [-0.25, -0.2) is 8.78 Å². The quantitative estimate of drug-likeness (QED) is 0.662. The maximum absolute atomic E-state index is 13.3. The van der Waals surface area contributed by atoms with Crippen LogP contribution in [0.1, 0.15) is 11.1 Å². The third-order valence-corrected chi connectivity index (χ3v) is 2.24. The van der Waals surface area contributed by atoms with Crippen LogP contribution in [0.15, 0.2) is 48.5 Å². The summed E-state index contributed by atoms with van der Waals surface area (Å²) in [6.45, 7) is 0. The van der Waals surface area contributed by atoms with E-state index in [1.165, 1.54) is 12.1 Å². The van der Waals surface area contributed by atoms with E-state index in [9.17, 15) is 8.78 Å². The molecule has 0 spiro atoms. The largest absolute Gasteiger partial charge is 0.204 e. The van der Waals surface area contributed by atoms with E-state index in [0.29, 0.717) is 0 Å². The molecule has 0 heterocycles. The van der Waals surface area contributed by atoms with Crippen LogP contribution in [-0.4, -0.2) is 0 Å². The van der Waals surface area contributed by atoms with Crippen molar-refractivity contribution >= 4 is 12.2 Å². The molecule has 0 N–H and O–H groups in total. The second-order valence-corrected chi connectivity index (χ2v) is 3.39. The molecule has 0 bridgehead atoms. The van der Waals surface area contributed by atoms with Crippen molar-refractivity contribution in [2.24, 2.45) is 0 Å². The van der Waals surface area contributed by atoms with Crippen molar-refractivity contribution in [1.82, 2.24) is 0 Å². The minimum Gasteiger partial charge on any atom is -0.204 e. The van der Waals surface area contributed by atoms with E-state index in [0.717, 1.165) is 11.6 Å². The Kier molecular flexibility index (Phi) is 3.10. The number of halogens is 2. The van der Waals surface area contributed by atoms with Crippen LogP contribution >= 0.6 is 0 Å². The molecule has 0 aromatic heterocycles. The molecule has 0 unspecified atom stereocenters. The van der Waals surface area contributed by atoms with Gasteiger partial charge < -0.3 is 0 Å². The van der Waals surface area contributed by atoms with Gasteiger partial charge in [0.15, 0.2) is 11.6 Å². The van der Waals surface area contributed by atoms with Gasteiger partial charge in [-0.1, -0.05) is 54.6 Å². The van der Waals surface area contributed by atoms with E-state index in [4.69, 9.17) is 0 Å². The lowest BCUT2D eigenvalue weighted by molar-refractivity contribution is 0.507. The first-order valence-electron chi connectivity index (χ1n) is 4.94. The molecule has 0 fully saturated rings. The van der Waals surface area contributed by atoms with Gasteiger partial charge in [0.25, 0.3) is 0 Å². The van der Waals surface area contributed by atoms with Gasteiger partial charge in [-0.2, -0.15) is 0 Å². The van der Waals surface area contributed by atoms with Crippen LogP contribution in [-0.2, 0) is 0 Å². The summed E-state index contributed by atoms with van der Waals surface area (Å²) in [6.07, 6.45) is 3.31. The summed E-state index contributed by atoms with van der Waals surface area (Å²) < 4.78 is 26.2. The van der Waals surface area contributed by atoms with Crippen LogP contribution < -0.4 is 0 Å². The first-order chi connectivity index (χ1) is 7.77. The average molecular weight is 216 g/mol. The van der Waals surface area contributed by atoms with Crippen molar-refractivity contribution in [3.8, 4) is 0 Å². The van der Waals surface area contributed by atoms with Gasteiger partial charge in [0.1, 0.15) is 0 Å². The van der Waals surface area contributed by atoms with Crippen LogP contribution in [0.2, 0.25) is 0 Å². The molecule has 2 rings (SSSR count). The predicted octanol–water partition coefficient (Wildman–Crippen LogP) is 4.14. The van der Waals surface area contributed by atoms with E-state index in [1.807, 2.05) is 30.3 Å². The highest BCUT2D eigenvalue weighted by Gasteiger charge is 2.03. The summed E-state index contributed by atoms with van der Waals surface area (Å²) in [7, 11) is 0. The standard InChI is InChI=1S/C14H10F2/c15-13-8-4-7-12(14(13)16)10-9-11-5-2-1-3-6-11/h1-10H/b10-9+. The molecule has 0 nitrogen and oxygen atoms in total. The maximum Gasteiger partial charge on any atom is 0.166 e. The fraction of sp³-hybridized carbons (Fsp3) is 0. The Hall–Kier alpha value is -1.96. The van der Waals surface area contributed by atoms with Crippen molar-refractivity contribution in [3.05, 3.63) is 71.3 Å². The van der Waals surface area contributed by atoms with Crippen molar-refractivity contribution in [1.29, 1.82) is 0 Å². The maximum atomic E-state index is 13.3. The Bertz CT molecular complexity index is 501. The van der Waals surface area contributed by atoms with E-state index < -0.39 is 11.6 Å². The summed E-state index contributed by atoms with van der Waals surface area (Å²) in [6, 6.07) is 13.6. The van der Waals surface area contributed by atoms with Crippen molar-refractivity contribution in [2.75, 3.05) is 0 Å². The van der Waals surface area contributed by atoms with Gasteiger partial charge >= 0.3 is 0 Å². The zero-order valence-electron chi connectivity index (χ0n) is 8.53. The van der Waals surface area contributed by atoms with Crippen LogP contribution in [0.25, 0.3) is 12.2 Å². The van der Waals surface area contributed by atoms with E-state index in [2.05, 4.69) is 0 Å². The molecule has 0 radical (unpaired) electrons. The number of hydrogen-bond acceptors (Lipinski definition) is 0. The molecule has 0 aliphatic rings. The molecule has 0 aliphatic heterocycles. The summed E-state index contributed by atoms with van der Waals surface area (Å²) >= 11 is 0. The SMILES string of the molecule is Fc1cccc(/C=C/c2ccccc2)c1F. The molecule has 0 saturated carbocycles. The predicted molar refractivity (Wildman–Crippen MR) is 61.7 cm³/mol. The zero-order valence-corrected chi connectivity index (χ0v) is 8.53. The zero-order chi connectivity index (χ0) is 11.4. The molecule has 0 aliphatic carbocycles. The first kappa shape index (κ1) is 10.6. The van der Waals surface area contributed by atoms with Gasteiger partial charge in [-0.15, -0.1) is 0 Å². The Morgan fingerprint density at radius 2 is 1.50 bits per heavy atom. The number of rotatable bonds is 2. The van der Waals surface area contributed by atoms with Crippen LogP contribution in [0.5, 0.6) is 0 Å². The summed E-state index contributed by atoms with van der Waals surface area (Å²) in [5.41, 5.74) is 1.20. The highest BCUT2D eigenvalue weighted by Crippen LogP contribution is 2.14. The molecule has 2 heteroatoms. The third-order valence-electron chi connectivity index (χ3n) is 2.24. The van der Waals surface area contributed by atoms with Crippen molar-refractivity contribution in [3.63, 3.8) is 0 Å². The minimum atomic E-state index is -0.824. The number of benzene rings is 2. The van der Waals surface area contributed by atoms with E-state index in [1.54, 1.807) is 12.2 Å². The highest BCUT2D eigenvalue weighted by molar-refractivity contribution is 5.69. The Balaban J connectivity index is 2.28.